The lowest BCUT2D eigenvalue weighted by atomic mass is 10.2. The van der Waals surface area contributed by atoms with Crippen LogP contribution in [-0.4, -0.2) is 36.8 Å². The number of ether oxygens (including phenoxy) is 2. The molecular formula is C9H11NO5. The molecule has 0 aromatic rings. The van der Waals surface area contributed by atoms with Crippen molar-refractivity contribution >= 4 is 23.6 Å². The molecule has 0 heterocycles. The van der Waals surface area contributed by atoms with Gasteiger partial charge in [0.25, 0.3) is 5.78 Å². The molecule has 0 spiro atoms. The standard InChI is InChI=1S/C9H11NO5/c1-3-14-8(12)6(5-10)7(11)9(13)15-4-2/h10H,3-4H2,1-2H3. The number of ketones is 1. The Kier molecular flexibility index (Phi) is 5.66. The largest absolute Gasteiger partial charge is 0.462 e. The first-order valence-corrected chi connectivity index (χ1v) is 4.26. The highest BCUT2D eigenvalue weighted by atomic mass is 16.5. The van der Waals surface area contributed by atoms with Crippen LogP contribution in [-0.2, 0) is 23.9 Å². The monoisotopic (exact) mass is 213 g/mol. The van der Waals surface area contributed by atoms with Crippen LogP contribution < -0.4 is 0 Å². The van der Waals surface area contributed by atoms with E-state index in [2.05, 4.69) is 9.47 Å². The first-order chi connectivity index (χ1) is 7.08. The predicted octanol–water partition coefficient (Wildman–Crippen LogP) is -0.143. The van der Waals surface area contributed by atoms with E-state index in [1.165, 1.54) is 13.8 Å². The lowest BCUT2D eigenvalue weighted by Crippen LogP contribution is -2.25. The van der Waals surface area contributed by atoms with E-state index in [4.69, 9.17) is 5.41 Å². The zero-order chi connectivity index (χ0) is 11.8. The molecule has 0 radical (unpaired) electrons. The van der Waals surface area contributed by atoms with Gasteiger partial charge in [-0.2, -0.15) is 0 Å². The maximum Gasteiger partial charge on any atom is 0.380 e. The van der Waals surface area contributed by atoms with Crippen LogP contribution >= 0.6 is 0 Å². The minimum atomic E-state index is -1.22. The van der Waals surface area contributed by atoms with Gasteiger partial charge in [-0.25, -0.2) is 9.59 Å². The van der Waals surface area contributed by atoms with Crippen LogP contribution in [0.2, 0.25) is 0 Å². The van der Waals surface area contributed by atoms with Crippen LogP contribution in [0, 0.1) is 5.41 Å². The number of nitrogens with one attached hydrogen (secondary N) is 1. The number of carbonyl (C=O) groups excluding carboxylic acids is 3. The van der Waals surface area contributed by atoms with Crippen molar-refractivity contribution in [2.45, 2.75) is 13.8 Å². The third-order valence-electron chi connectivity index (χ3n) is 1.29. The van der Waals surface area contributed by atoms with Crippen molar-refractivity contribution in [3.8, 4) is 0 Å². The first kappa shape index (κ1) is 13.1. The summed E-state index contributed by atoms with van der Waals surface area (Å²) in [5.41, 5.74) is -0.754. The molecule has 1 N–H and O–H groups in total. The normalized spacial score (nSPS) is 8.67. The maximum absolute atomic E-state index is 11.2. The third kappa shape index (κ3) is 3.74. The minimum absolute atomic E-state index is 0.0126. The molecule has 0 saturated carbocycles. The highest BCUT2D eigenvalue weighted by Crippen LogP contribution is 1.98. The molecule has 0 unspecified atom stereocenters. The molecule has 0 aliphatic carbocycles. The molecule has 0 atom stereocenters. The highest BCUT2D eigenvalue weighted by Gasteiger charge is 2.27. The van der Waals surface area contributed by atoms with Gasteiger partial charge < -0.3 is 9.47 Å². The number of hydrogen-bond acceptors (Lipinski definition) is 6. The van der Waals surface area contributed by atoms with Gasteiger partial charge in [-0.3, -0.25) is 10.2 Å². The Hall–Kier alpha value is -1.94. The summed E-state index contributed by atoms with van der Waals surface area (Å²) in [6, 6.07) is 0. The molecule has 0 aromatic carbocycles. The summed E-state index contributed by atoms with van der Waals surface area (Å²) in [6.45, 7) is 3.11. The second kappa shape index (κ2) is 6.50. The summed E-state index contributed by atoms with van der Waals surface area (Å²) in [5.74, 6) is -1.89. The summed E-state index contributed by atoms with van der Waals surface area (Å²) in [4.78, 5) is 33.2. The second-order valence-corrected chi connectivity index (χ2v) is 2.27. The van der Waals surface area contributed by atoms with Crippen LogP contribution in [0.4, 0.5) is 0 Å². The fraction of sp³-hybridized carbons (Fsp3) is 0.444. The molecule has 82 valence electrons. The van der Waals surface area contributed by atoms with E-state index in [0.717, 1.165) is 0 Å². The Balaban J connectivity index is 4.71. The van der Waals surface area contributed by atoms with Crippen LogP contribution in [0.1, 0.15) is 13.8 Å². The maximum atomic E-state index is 11.2. The van der Waals surface area contributed by atoms with Gasteiger partial charge >= 0.3 is 11.9 Å². The molecule has 0 aliphatic rings. The SMILES string of the molecule is CCOC(=O)C(=O)C(=C=N)C(=O)OCC. The summed E-state index contributed by atoms with van der Waals surface area (Å²) >= 11 is 0. The number of esters is 2. The molecule has 0 saturated heterocycles. The van der Waals surface area contributed by atoms with Crippen molar-refractivity contribution in [3.05, 3.63) is 5.57 Å². The van der Waals surface area contributed by atoms with Gasteiger partial charge in [-0.05, 0) is 19.7 Å². The number of Topliss-reactive ketones (excluding diaryl/α,β-unsaturated/α-hetero) is 1. The molecule has 0 bridgehead atoms. The van der Waals surface area contributed by atoms with E-state index in [1.54, 1.807) is 5.87 Å². The highest BCUT2D eigenvalue weighted by molar-refractivity contribution is 6.48. The molecular weight excluding hydrogens is 202 g/mol. The third-order valence-corrected chi connectivity index (χ3v) is 1.29. The lowest BCUT2D eigenvalue weighted by Gasteiger charge is -2.02. The van der Waals surface area contributed by atoms with Crippen molar-refractivity contribution in [2.24, 2.45) is 0 Å². The lowest BCUT2D eigenvalue weighted by molar-refractivity contribution is -0.153. The Labute approximate surface area is 86.4 Å². The molecule has 0 aliphatic heterocycles. The predicted molar refractivity (Wildman–Crippen MR) is 49.5 cm³/mol. The zero-order valence-electron chi connectivity index (χ0n) is 8.46. The van der Waals surface area contributed by atoms with Crippen molar-refractivity contribution in [3.63, 3.8) is 0 Å². The van der Waals surface area contributed by atoms with Gasteiger partial charge in [0.2, 0.25) is 0 Å². The van der Waals surface area contributed by atoms with E-state index in [1.807, 2.05) is 0 Å². The summed E-state index contributed by atoms with van der Waals surface area (Å²) in [6.07, 6.45) is 0. The van der Waals surface area contributed by atoms with Crippen LogP contribution in [0.3, 0.4) is 0 Å². The number of hydrogen-bond donors (Lipinski definition) is 1. The average molecular weight is 213 g/mol. The molecule has 0 rings (SSSR count). The summed E-state index contributed by atoms with van der Waals surface area (Å²) in [7, 11) is 0. The average Bonchev–Trinajstić information content (AvgIpc) is 2.19. The Morgan fingerprint density at radius 3 is 1.93 bits per heavy atom. The fourth-order valence-electron chi connectivity index (χ4n) is 0.702. The second-order valence-electron chi connectivity index (χ2n) is 2.27. The van der Waals surface area contributed by atoms with E-state index in [0.29, 0.717) is 0 Å². The Morgan fingerprint density at radius 1 is 1.07 bits per heavy atom. The Bertz CT molecular complexity index is 327. The molecule has 0 amide bonds. The van der Waals surface area contributed by atoms with Gasteiger partial charge in [-0.1, -0.05) is 0 Å². The fourth-order valence-corrected chi connectivity index (χ4v) is 0.702. The summed E-state index contributed by atoms with van der Waals surface area (Å²) in [5, 5.41) is 6.71. The van der Waals surface area contributed by atoms with E-state index in [-0.39, 0.29) is 13.2 Å². The molecule has 0 aromatic heterocycles. The van der Waals surface area contributed by atoms with Crippen LogP contribution in [0.25, 0.3) is 0 Å². The van der Waals surface area contributed by atoms with Crippen LogP contribution in [0.5, 0.6) is 0 Å². The van der Waals surface area contributed by atoms with Crippen molar-refractivity contribution in [2.75, 3.05) is 13.2 Å². The van der Waals surface area contributed by atoms with Crippen molar-refractivity contribution in [1.29, 1.82) is 5.41 Å². The number of rotatable bonds is 5. The van der Waals surface area contributed by atoms with E-state index in [9.17, 15) is 14.4 Å². The van der Waals surface area contributed by atoms with Crippen molar-refractivity contribution < 1.29 is 23.9 Å². The molecule has 6 nitrogen and oxygen atoms in total. The number of carbonyl (C=O) groups is 3. The topological polar surface area (TPSA) is 93.5 Å². The molecule has 6 heteroatoms. The van der Waals surface area contributed by atoms with Gasteiger partial charge in [0.05, 0.1) is 13.2 Å². The van der Waals surface area contributed by atoms with Gasteiger partial charge in [-0.15, -0.1) is 0 Å². The smallest absolute Gasteiger partial charge is 0.380 e. The quantitative estimate of drug-likeness (QED) is 0.171. The van der Waals surface area contributed by atoms with Gasteiger partial charge in [0, 0.05) is 0 Å². The van der Waals surface area contributed by atoms with Crippen LogP contribution in [0.15, 0.2) is 5.57 Å². The summed E-state index contributed by atoms with van der Waals surface area (Å²) < 4.78 is 8.83. The molecule has 0 fully saturated rings. The Morgan fingerprint density at radius 2 is 1.53 bits per heavy atom. The molecule has 15 heavy (non-hydrogen) atoms. The minimum Gasteiger partial charge on any atom is -0.462 e. The van der Waals surface area contributed by atoms with E-state index >= 15 is 0 Å². The zero-order valence-corrected chi connectivity index (χ0v) is 8.46. The van der Waals surface area contributed by atoms with Gasteiger partial charge in [0.15, 0.2) is 5.57 Å². The van der Waals surface area contributed by atoms with Gasteiger partial charge in [0.1, 0.15) is 0 Å². The first-order valence-electron chi connectivity index (χ1n) is 4.26. The van der Waals surface area contributed by atoms with Crippen molar-refractivity contribution in [1.82, 2.24) is 0 Å². The van der Waals surface area contributed by atoms with E-state index < -0.39 is 23.3 Å².